The van der Waals surface area contributed by atoms with E-state index >= 15 is 0 Å². The van der Waals surface area contributed by atoms with E-state index in [-0.39, 0.29) is 0 Å². The van der Waals surface area contributed by atoms with Gasteiger partial charge in [-0.25, -0.2) is 0 Å². The van der Waals surface area contributed by atoms with E-state index in [9.17, 15) is 0 Å². The number of furan rings is 2. The standard InChI is InChI=1S/C48H31NO2/c1-2-8-32(9-3-1)33-14-20-42(21-15-33)49(43-22-16-34(17-23-43)45-30-40-26-36-10-4-6-12-38(36)28-47(40)50-45)44-24-18-35(19-25-44)46-31-41-27-37-11-5-7-13-39(37)29-48(41)51-46/h1-31H. The molecule has 0 aliphatic carbocycles. The zero-order valence-electron chi connectivity index (χ0n) is 27.7. The van der Waals surface area contributed by atoms with E-state index in [1.54, 1.807) is 0 Å². The Kier molecular flexibility index (Phi) is 6.81. The molecular formula is C48H31NO2. The third kappa shape index (κ3) is 5.33. The first kappa shape index (κ1) is 29.1. The number of hydrogen-bond donors (Lipinski definition) is 0. The van der Waals surface area contributed by atoms with Crippen LogP contribution in [-0.2, 0) is 0 Å². The lowest BCUT2D eigenvalue weighted by atomic mass is 10.0. The first-order valence-corrected chi connectivity index (χ1v) is 17.2. The number of nitrogens with zero attached hydrogens (tertiary/aromatic N) is 1. The molecule has 2 heterocycles. The summed E-state index contributed by atoms with van der Waals surface area (Å²) in [5.41, 5.74) is 9.41. The van der Waals surface area contributed by atoms with E-state index in [2.05, 4.69) is 187 Å². The lowest BCUT2D eigenvalue weighted by Gasteiger charge is -2.26. The predicted octanol–water partition coefficient (Wildman–Crippen LogP) is 14.0. The molecule has 0 aliphatic rings. The van der Waals surface area contributed by atoms with Crippen LogP contribution in [0.3, 0.4) is 0 Å². The van der Waals surface area contributed by atoms with Gasteiger partial charge in [-0.2, -0.15) is 0 Å². The summed E-state index contributed by atoms with van der Waals surface area (Å²) in [6.07, 6.45) is 0. The Bertz CT molecular complexity index is 2560. The van der Waals surface area contributed by atoms with Crippen LogP contribution in [0.4, 0.5) is 17.1 Å². The van der Waals surface area contributed by atoms with Gasteiger partial charge in [0, 0.05) is 39.0 Å². The van der Waals surface area contributed by atoms with Gasteiger partial charge in [0.15, 0.2) is 0 Å². The molecule has 0 saturated carbocycles. The highest BCUT2D eigenvalue weighted by Crippen LogP contribution is 2.39. The number of rotatable bonds is 6. The summed E-state index contributed by atoms with van der Waals surface area (Å²) < 4.78 is 12.7. The minimum atomic E-state index is 0.855. The minimum Gasteiger partial charge on any atom is -0.456 e. The van der Waals surface area contributed by atoms with Crippen molar-refractivity contribution in [2.45, 2.75) is 0 Å². The van der Waals surface area contributed by atoms with Crippen LogP contribution in [-0.4, -0.2) is 0 Å². The Morgan fingerprint density at radius 2 is 0.627 bits per heavy atom. The second-order valence-corrected chi connectivity index (χ2v) is 13.0. The quantitative estimate of drug-likeness (QED) is 0.179. The Morgan fingerprint density at radius 3 is 1.06 bits per heavy atom. The molecule has 10 rings (SSSR count). The van der Waals surface area contributed by atoms with Crippen molar-refractivity contribution in [2.75, 3.05) is 4.90 Å². The molecule has 0 saturated heterocycles. The van der Waals surface area contributed by atoms with Crippen molar-refractivity contribution < 1.29 is 8.83 Å². The molecule has 51 heavy (non-hydrogen) atoms. The number of benzene rings is 8. The highest BCUT2D eigenvalue weighted by atomic mass is 16.3. The van der Waals surface area contributed by atoms with Crippen LogP contribution in [0.25, 0.3) is 77.3 Å². The molecule has 10 aromatic rings. The van der Waals surface area contributed by atoms with Crippen LogP contribution in [0.15, 0.2) is 197 Å². The van der Waals surface area contributed by atoms with E-state index in [1.165, 1.54) is 32.7 Å². The molecule has 8 aromatic carbocycles. The summed E-state index contributed by atoms with van der Waals surface area (Å²) in [5, 5.41) is 6.98. The maximum absolute atomic E-state index is 6.36. The molecular weight excluding hydrogens is 623 g/mol. The Morgan fingerprint density at radius 1 is 0.275 bits per heavy atom. The second-order valence-electron chi connectivity index (χ2n) is 13.0. The lowest BCUT2D eigenvalue weighted by molar-refractivity contribution is 0.631. The third-order valence-corrected chi connectivity index (χ3v) is 9.82. The van der Waals surface area contributed by atoms with Crippen molar-refractivity contribution in [1.29, 1.82) is 0 Å². The van der Waals surface area contributed by atoms with Crippen molar-refractivity contribution in [3.05, 3.63) is 188 Å². The molecule has 0 aliphatic heterocycles. The number of anilines is 3. The molecule has 0 unspecified atom stereocenters. The van der Waals surface area contributed by atoms with Gasteiger partial charge in [0.25, 0.3) is 0 Å². The van der Waals surface area contributed by atoms with Crippen molar-refractivity contribution in [3.63, 3.8) is 0 Å². The normalized spacial score (nSPS) is 11.5. The maximum atomic E-state index is 6.36. The fraction of sp³-hybridized carbons (Fsp3) is 0. The Hall–Kier alpha value is -6.84. The minimum absolute atomic E-state index is 0.855. The molecule has 0 N–H and O–H groups in total. The van der Waals surface area contributed by atoms with Gasteiger partial charge in [-0.05, 0) is 130 Å². The molecule has 0 amide bonds. The van der Waals surface area contributed by atoms with Gasteiger partial charge in [-0.1, -0.05) is 91.0 Å². The van der Waals surface area contributed by atoms with E-state index in [0.717, 1.165) is 61.6 Å². The molecule has 3 nitrogen and oxygen atoms in total. The van der Waals surface area contributed by atoms with Crippen LogP contribution in [0.5, 0.6) is 0 Å². The highest BCUT2D eigenvalue weighted by Gasteiger charge is 2.16. The van der Waals surface area contributed by atoms with E-state index in [4.69, 9.17) is 8.83 Å². The molecule has 0 atom stereocenters. The number of fused-ring (bicyclic) bond motifs is 4. The SMILES string of the molecule is c1ccc(-c2ccc(N(c3ccc(-c4cc5cc6ccccc6cc5o4)cc3)c3ccc(-c4cc5cc6ccccc6cc5o4)cc3)cc2)cc1. The first-order valence-electron chi connectivity index (χ1n) is 17.2. The third-order valence-electron chi connectivity index (χ3n) is 9.82. The van der Waals surface area contributed by atoms with Gasteiger partial charge >= 0.3 is 0 Å². The summed E-state index contributed by atoms with van der Waals surface area (Å²) in [5.74, 6) is 1.71. The average molecular weight is 654 g/mol. The zero-order valence-corrected chi connectivity index (χ0v) is 27.7. The molecule has 0 bridgehead atoms. The van der Waals surface area contributed by atoms with Crippen molar-refractivity contribution in [3.8, 4) is 33.8 Å². The van der Waals surface area contributed by atoms with Crippen LogP contribution < -0.4 is 4.90 Å². The summed E-state index contributed by atoms with van der Waals surface area (Å²) in [6, 6.07) is 66.2. The summed E-state index contributed by atoms with van der Waals surface area (Å²) >= 11 is 0. The van der Waals surface area contributed by atoms with Crippen LogP contribution >= 0.6 is 0 Å². The summed E-state index contributed by atoms with van der Waals surface area (Å²) in [4.78, 5) is 2.29. The molecule has 0 spiro atoms. The first-order chi connectivity index (χ1) is 25.2. The largest absolute Gasteiger partial charge is 0.456 e. The fourth-order valence-corrected chi connectivity index (χ4v) is 7.17. The topological polar surface area (TPSA) is 29.5 Å². The summed E-state index contributed by atoms with van der Waals surface area (Å²) in [6.45, 7) is 0. The highest BCUT2D eigenvalue weighted by molar-refractivity contribution is 5.98. The predicted molar refractivity (Wildman–Crippen MR) is 212 cm³/mol. The van der Waals surface area contributed by atoms with Gasteiger partial charge in [0.2, 0.25) is 0 Å². The average Bonchev–Trinajstić information content (AvgIpc) is 3.81. The van der Waals surface area contributed by atoms with Gasteiger partial charge in [0.05, 0.1) is 0 Å². The van der Waals surface area contributed by atoms with Gasteiger partial charge < -0.3 is 13.7 Å². The van der Waals surface area contributed by atoms with Crippen molar-refractivity contribution in [2.24, 2.45) is 0 Å². The monoisotopic (exact) mass is 653 g/mol. The molecule has 0 fully saturated rings. The van der Waals surface area contributed by atoms with Gasteiger partial charge in [-0.3, -0.25) is 0 Å². The fourth-order valence-electron chi connectivity index (χ4n) is 7.17. The molecule has 2 aromatic heterocycles. The van der Waals surface area contributed by atoms with Crippen molar-refractivity contribution >= 4 is 60.5 Å². The number of hydrogen-bond acceptors (Lipinski definition) is 3. The molecule has 3 heteroatoms. The van der Waals surface area contributed by atoms with E-state index in [0.29, 0.717) is 0 Å². The zero-order chi connectivity index (χ0) is 33.7. The van der Waals surface area contributed by atoms with E-state index in [1.807, 2.05) is 6.07 Å². The second kappa shape index (κ2) is 11.9. The van der Waals surface area contributed by atoms with Crippen molar-refractivity contribution in [1.82, 2.24) is 0 Å². The van der Waals surface area contributed by atoms with Crippen LogP contribution in [0, 0.1) is 0 Å². The maximum Gasteiger partial charge on any atom is 0.135 e. The lowest BCUT2D eigenvalue weighted by Crippen LogP contribution is -2.09. The smallest absolute Gasteiger partial charge is 0.135 e. The van der Waals surface area contributed by atoms with Gasteiger partial charge in [-0.15, -0.1) is 0 Å². The molecule has 0 radical (unpaired) electrons. The Balaban J connectivity index is 1.01. The van der Waals surface area contributed by atoms with Gasteiger partial charge in [0.1, 0.15) is 22.7 Å². The molecule has 240 valence electrons. The Labute approximate surface area is 295 Å². The van der Waals surface area contributed by atoms with E-state index < -0.39 is 0 Å². The summed E-state index contributed by atoms with van der Waals surface area (Å²) in [7, 11) is 0. The van der Waals surface area contributed by atoms with Crippen LogP contribution in [0.2, 0.25) is 0 Å². The van der Waals surface area contributed by atoms with Crippen LogP contribution in [0.1, 0.15) is 0 Å².